The molecule has 3 rings (SSSR count). The molecule has 0 heterocycles. The monoisotopic (exact) mass is 498 g/mol. The maximum Gasteiger partial charge on any atom is 0.224 e. The lowest BCUT2D eigenvalue weighted by atomic mass is 10.0. The summed E-state index contributed by atoms with van der Waals surface area (Å²) in [7, 11) is -3.64. The number of nitrogens with zero attached hydrogens (tertiary/aromatic N) is 1. The van der Waals surface area contributed by atoms with Gasteiger partial charge in [-0.15, -0.1) is 0 Å². The molecular weight excluding hydrogens is 472 g/mol. The molecule has 178 valence electrons. The van der Waals surface area contributed by atoms with Crippen LogP contribution in [0, 0.1) is 0 Å². The minimum atomic E-state index is -3.64. The van der Waals surface area contributed by atoms with Gasteiger partial charge >= 0.3 is 0 Å². The van der Waals surface area contributed by atoms with Crippen molar-refractivity contribution in [1.29, 1.82) is 0 Å². The summed E-state index contributed by atoms with van der Waals surface area (Å²) >= 11 is 5.86. The molecule has 0 radical (unpaired) electrons. The van der Waals surface area contributed by atoms with Crippen LogP contribution in [-0.2, 0) is 26.0 Å². The Hall–Kier alpha value is -3.16. The Morgan fingerprint density at radius 1 is 0.971 bits per heavy atom. The van der Waals surface area contributed by atoms with Crippen molar-refractivity contribution in [3.05, 3.63) is 95.0 Å². The number of hydrogen-bond donors (Lipinski definition) is 1. The van der Waals surface area contributed by atoms with Gasteiger partial charge in [0.1, 0.15) is 0 Å². The third-order valence-corrected chi connectivity index (χ3v) is 7.41. The summed E-state index contributed by atoms with van der Waals surface area (Å²) in [6, 6.07) is 22.4. The van der Waals surface area contributed by atoms with E-state index in [0.29, 0.717) is 17.3 Å². The van der Waals surface area contributed by atoms with Crippen molar-refractivity contribution >= 4 is 38.9 Å². The average molecular weight is 499 g/mol. The molecule has 1 unspecified atom stereocenters. The van der Waals surface area contributed by atoms with Gasteiger partial charge in [-0.1, -0.05) is 54.1 Å². The smallest absolute Gasteiger partial charge is 0.224 e. The second-order valence-corrected chi connectivity index (χ2v) is 10.6. The Balaban J connectivity index is 1.83. The predicted molar refractivity (Wildman–Crippen MR) is 134 cm³/mol. The standard InChI is InChI=1S/C26H27ClN2O4S/c1-19(22-9-6-10-24(17-22)28-20(2)30)29(18-21-7-4-3-5-8-21)26(31)15-16-34(32,33)25-13-11-23(27)12-14-25/h3-14,17,19H,15-16,18H2,1-2H3,(H,28,30). The molecule has 0 aliphatic carbocycles. The van der Waals surface area contributed by atoms with Gasteiger partial charge in [-0.05, 0) is 54.4 Å². The SMILES string of the molecule is CC(=O)Nc1cccc(C(C)N(Cc2ccccc2)C(=O)CCS(=O)(=O)c2ccc(Cl)cc2)c1. The highest BCUT2D eigenvalue weighted by atomic mass is 35.5. The Bertz CT molecular complexity index is 1250. The Labute approximate surface area is 205 Å². The first-order valence-electron chi connectivity index (χ1n) is 10.8. The Kier molecular flexibility index (Phi) is 8.47. The summed E-state index contributed by atoms with van der Waals surface area (Å²) in [5.41, 5.74) is 2.40. The highest BCUT2D eigenvalue weighted by Gasteiger charge is 2.25. The number of amides is 2. The highest BCUT2D eigenvalue weighted by molar-refractivity contribution is 7.91. The molecule has 0 fully saturated rings. The molecular formula is C26H27ClN2O4S. The average Bonchev–Trinajstić information content (AvgIpc) is 2.81. The third-order valence-electron chi connectivity index (χ3n) is 5.43. The van der Waals surface area contributed by atoms with Gasteiger partial charge in [-0.25, -0.2) is 8.42 Å². The number of carbonyl (C=O) groups excluding carboxylic acids is 2. The lowest BCUT2D eigenvalue weighted by Crippen LogP contribution is -2.34. The van der Waals surface area contributed by atoms with E-state index >= 15 is 0 Å². The van der Waals surface area contributed by atoms with Crippen molar-refractivity contribution in [2.24, 2.45) is 0 Å². The van der Waals surface area contributed by atoms with E-state index < -0.39 is 9.84 Å². The van der Waals surface area contributed by atoms with Crippen LogP contribution in [-0.4, -0.2) is 30.9 Å². The zero-order chi connectivity index (χ0) is 24.7. The topological polar surface area (TPSA) is 83.6 Å². The van der Waals surface area contributed by atoms with Gasteiger partial charge in [-0.3, -0.25) is 9.59 Å². The van der Waals surface area contributed by atoms with Gasteiger partial charge in [0.15, 0.2) is 9.84 Å². The van der Waals surface area contributed by atoms with Crippen LogP contribution in [0.3, 0.4) is 0 Å². The van der Waals surface area contributed by atoms with Crippen molar-refractivity contribution in [2.75, 3.05) is 11.1 Å². The van der Waals surface area contributed by atoms with E-state index in [1.807, 2.05) is 55.5 Å². The minimum Gasteiger partial charge on any atom is -0.332 e. The zero-order valence-electron chi connectivity index (χ0n) is 19.1. The number of carbonyl (C=O) groups is 2. The van der Waals surface area contributed by atoms with E-state index in [0.717, 1.165) is 11.1 Å². The molecule has 0 aliphatic heterocycles. The lowest BCUT2D eigenvalue weighted by Gasteiger charge is -2.30. The van der Waals surface area contributed by atoms with Crippen LogP contribution in [0.15, 0.2) is 83.8 Å². The molecule has 0 aliphatic rings. The molecule has 6 nitrogen and oxygen atoms in total. The van der Waals surface area contributed by atoms with E-state index in [2.05, 4.69) is 5.32 Å². The number of rotatable bonds is 9. The maximum atomic E-state index is 13.3. The van der Waals surface area contributed by atoms with E-state index in [1.54, 1.807) is 11.0 Å². The van der Waals surface area contributed by atoms with Crippen LogP contribution >= 0.6 is 11.6 Å². The molecule has 0 aromatic heterocycles. The second kappa shape index (κ2) is 11.3. The first-order chi connectivity index (χ1) is 16.2. The summed E-state index contributed by atoms with van der Waals surface area (Å²) < 4.78 is 25.5. The molecule has 3 aromatic carbocycles. The molecule has 1 atom stereocenters. The molecule has 3 aromatic rings. The van der Waals surface area contributed by atoms with Crippen LogP contribution in [0.5, 0.6) is 0 Å². The third kappa shape index (κ3) is 6.92. The Morgan fingerprint density at radius 3 is 2.29 bits per heavy atom. The first kappa shape index (κ1) is 25.5. The summed E-state index contributed by atoms with van der Waals surface area (Å²) in [5.74, 6) is -0.773. The van der Waals surface area contributed by atoms with Crippen molar-refractivity contribution in [1.82, 2.24) is 4.90 Å². The fourth-order valence-corrected chi connectivity index (χ4v) is 4.96. The van der Waals surface area contributed by atoms with Gasteiger partial charge in [-0.2, -0.15) is 0 Å². The number of nitrogens with one attached hydrogen (secondary N) is 1. The summed E-state index contributed by atoms with van der Waals surface area (Å²) in [6.07, 6.45) is -0.159. The van der Waals surface area contributed by atoms with Crippen LogP contribution in [0.1, 0.15) is 37.4 Å². The van der Waals surface area contributed by atoms with Gasteiger partial charge in [0.25, 0.3) is 0 Å². The number of sulfone groups is 1. The van der Waals surface area contributed by atoms with E-state index in [1.165, 1.54) is 31.2 Å². The second-order valence-electron chi connectivity index (χ2n) is 8.01. The fraction of sp³-hybridized carbons (Fsp3) is 0.231. The summed E-state index contributed by atoms with van der Waals surface area (Å²) in [6.45, 7) is 3.65. The molecule has 0 spiro atoms. The van der Waals surface area contributed by atoms with Crippen molar-refractivity contribution in [3.8, 4) is 0 Å². The quantitative estimate of drug-likeness (QED) is 0.436. The normalized spacial score (nSPS) is 12.1. The summed E-state index contributed by atoms with van der Waals surface area (Å²) in [4.78, 5) is 26.6. The van der Waals surface area contributed by atoms with Crippen LogP contribution < -0.4 is 5.32 Å². The van der Waals surface area contributed by atoms with E-state index in [4.69, 9.17) is 11.6 Å². The predicted octanol–water partition coefficient (Wildman–Crippen LogP) is 5.25. The Morgan fingerprint density at radius 2 is 1.65 bits per heavy atom. The van der Waals surface area contributed by atoms with E-state index in [9.17, 15) is 18.0 Å². The van der Waals surface area contributed by atoms with Gasteiger partial charge in [0, 0.05) is 30.6 Å². The highest BCUT2D eigenvalue weighted by Crippen LogP contribution is 2.26. The minimum absolute atomic E-state index is 0.135. The van der Waals surface area contributed by atoms with Crippen molar-refractivity contribution in [2.45, 2.75) is 37.8 Å². The van der Waals surface area contributed by atoms with E-state index in [-0.39, 0.29) is 34.9 Å². The van der Waals surface area contributed by atoms with Crippen LogP contribution in [0.25, 0.3) is 0 Å². The lowest BCUT2D eigenvalue weighted by molar-refractivity contribution is -0.133. The zero-order valence-corrected chi connectivity index (χ0v) is 20.6. The maximum absolute atomic E-state index is 13.3. The van der Waals surface area contributed by atoms with Gasteiger partial charge < -0.3 is 10.2 Å². The number of benzene rings is 3. The largest absolute Gasteiger partial charge is 0.332 e. The fourth-order valence-electron chi connectivity index (χ4n) is 3.61. The molecule has 0 bridgehead atoms. The van der Waals surface area contributed by atoms with Crippen molar-refractivity contribution in [3.63, 3.8) is 0 Å². The molecule has 34 heavy (non-hydrogen) atoms. The molecule has 1 N–H and O–H groups in total. The van der Waals surface area contributed by atoms with Gasteiger partial charge in [0.2, 0.25) is 11.8 Å². The number of hydrogen-bond acceptors (Lipinski definition) is 4. The molecule has 0 saturated heterocycles. The molecule has 8 heteroatoms. The summed E-state index contributed by atoms with van der Waals surface area (Å²) in [5, 5.41) is 3.20. The van der Waals surface area contributed by atoms with Crippen LogP contribution in [0.2, 0.25) is 5.02 Å². The van der Waals surface area contributed by atoms with Crippen LogP contribution in [0.4, 0.5) is 5.69 Å². The molecule has 2 amide bonds. The number of halogens is 1. The first-order valence-corrected chi connectivity index (χ1v) is 12.9. The molecule has 0 saturated carbocycles. The van der Waals surface area contributed by atoms with Crippen molar-refractivity contribution < 1.29 is 18.0 Å². The van der Waals surface area contributed by atoms with Gasteiger partial charge in [0.05, 0.1) is 16.7 Å². The number of anilines is 1.